The molecule has 0 fully saturated rings. The fraction of sp³-hybridized carbons (Fsp3) is 0.316. The molecule has 26 heavy (non-hydrogen) atoms. The molecule has 0 radical (unpaired) electrons. The summed E-state index contributed by atoms with van der Waals surface area (Å²) in [6.07, 6.45) is 0. The van der Waals surface area contributed by atoms with E-state index in [4.69, 9.17) is 25.8 Å². The Kier molecular flexibility index (Phi) is 7.41. The van der Waals surface area contributed by atoms with Crippen LogP contribution >= 0.6 is 11.6 Å². The second-order valence-corrected chi connectivity index (χ2v) is 5.86. The lowest BCUT2D eigenvalue weighted by atomic mass is 10.1. The van der Waals surface area contributed by atoms with Crippen molar-refractivity contribution in [2.45, 2.75) is 13.1 Å². The van der Waals surface area contributed by atoms with Gasteiger partial charge in [-0.15, -0.1) is 0 Å². The molecule has 2 rings (SSSR count). The van der Waals surface area contributed by atoms with E-state index in [-0.39, 0.29) is 0 Å². The Balaban J connectivity index is 2.02. The van der Waals surface area contributed by atoms with Crippen molar-refractivity contribution in [1.82, 2.24) is 10.6 Å². The summed E-state index contributed by atoms with van der Waals surface area (Å²) >= 11 is 5.91. The van der Waals surface area contributed by atoms with Gasteiger partial charge in [-0.2, -0.15) is 0 Å². The molecule has 0 unspecified atom stereocenters. The van der Waals surface area contributed by atoms with E-state index in [9.17, 15) is 0 Å². The van der Waals surface area contributed by atoms with Crippen LogP contribution in [0.15, 0.2) is 41.4 Å². The molecule has 0 heterocycles. The smallest absolute Gasteiger partial charge is 0.191 e. The van der Waals surface area contributed by atoms with Crippen molar-refractivity contribution in [2.75, 3.05) is 28.4 Å². The number of aliphatic imine (C=N–C) groups is 1. The number of halogens is 1. The lowest BCUT2D eigenvalue weighted by Gasteiger charge is -2.16. The van der Waals surface area contributed by atoms with Crippen molar-refractivity contribution in [3.8, 4) is 17.2 Å². The zero-order valence-electron chi connectivity index (χ0n) is 15.4. The average Bonchev–Trinajstić information content (AvgIpc) is 2.68. The molecule has 0 aliphatic rings. The maximum Gasteiger partial charge on any atom is 0.191 e. The molecule has 0 saturated carbocycles. The summed E-state index contributed by atoms with van der Waals surface area (Å²) in [6, 6.07) is 11.4. The molecule has 0 bridgehead atoms. The molecular formula is C19H24ClN3O3. The summed E-state index contributed by atoms with van der Waals surface area (Å²) < 4.78 is 16.1. The lowest BCUT2D eigenvalue weighted by molar-refractivity contribution is 0.347. The zero-order valence-corrected chi connectivity index (χ0v) is 16.2. The molecule has 0 aliphatic heterocycles. The van der Waals surface area contributed by atoms with E-state index >= 15 is 0 Å². The van der Waals surface area contributed by atoms with Crippen LogP contribution in [0.1, 0.15) is 11.1 Å². The van der Waals surface area contributed by atoms with Gasteiger partial charge < -0.3 is 24.8 Å². The first-order chi connectivity index (χ1) is 12.6. The molecule has 0 aromatic heterocycles. The summed E-state index contributed by atoms with van der Waals surface area (Å²) in [5.41, 5.74) is 2.04. The van der Waals surface area contributed by atoms with Crippen LogP contribution in [0, 0.1) is 0 Å². The number of ether oxygens (including phenoxy) is 3. The highest BCUT2D eigenvalue weighted by Gasteiger charge is 2.12. The Morgan fingerprint density at radius 1 is 0.885 bits per heavy atom. The van der Waals surface area contributed by atoms with Crippen molar-refractivity contribution < 1.29 is 14.2 Å². The number of methoxy groups -OCH3 is 3. The van der Waals surface area contributed by atoms with Gasteiger partial charge in [-0.1, -0.05) is 23.7 Å². The van der Waals surface area contributed by atoms with E-state index in [2.05, 4.69) is 15.6 Å². The van der Waals surface area contributed by atoms with Gasteiger partial charge in [-0.05, 0) is 23.8 Å². The first-order valence-corrected chi connectivity index (χ1v) is 8.47. The van der Waals surface area contributed by atoms with Crippen LogP contribution in [-0.2, 0) is 13.1 Å². The van der Waals surface area contributed by atoms with Crippen LogP contribution in [0.4, 0.5) is 0 Å². The van der Waals surface area contributed by atoms with Crippen LogP contribution in [0.3, 0.4) is 0 Å². The van der Waals surface area contributed by atoms with Gasteiger partial charge in [0.05, 0.1) is 21.3 Å². The SMILES string of the molecule is CN=C(NCc1ccc(Cl)cc1)NCc1cc(OC)c(OC)cc1OC. The molecule has 140 valence electrons. The van der Waals surface area contributed by atoms with E-state index in [1.54, 1.807) is 34.4 Å². The molecule has 0 atom stereocenters. The molecule has 2 N–H and O–H groups in total. The van der Waals surface area contributed by atoms with Crippen molar-refractivity contribution >= 4 is 17.6 Å². The fourth-order valence-corrected chi connectivity index (χ4v) is 2.54. The van der Waals surface area contributed by atoms with Crippen LogP contribution in [0.25, 0.3) is 0 Å². The number of rotatable bonds is 7. The Labute approximate surface area is 159 Å². The first-order valence-electron chi connectivity index (χ1n) is 8.09. The molecule has 2 aromatic carbocycles. The van der Waals surface area contributed by atoms with Gasteiger partial charge >= 0.3 is 0 Å². The average molecular weight is 378 g/mol. The topological polar surface area (TPSA) is 64.1 Å². The van der Waals surface area contributed by atoms with Gasteiger partial charge in [0.25, 0.3) is 0 Å². The maximum absolute atomic E-state index is 5.91. The van der Waals surface area contributed by atoms with E-state index in [0.29, 0.717) is 36.3 Å². The zero-order chi connectivity index (χ0) is 18.9. The Morgan fingerprint density at radius 2 is 1.46 bits per heavy atom. The van der Waals surface area contributed by atoms with Gasteiger partial charge in [0.15, 0.2) is 17.5 Å². The second kappa shape index (κ2) is 9.77. The molecule has 0 saturated heterocycles. The molecule has 0 spiro atoms. The van der Waals surface area contributed by atoms with Crippen molar-refractivity contribution in [3.05, 3.63) is 52.5 Å². The van der Waals surface area contributed by atoms with Crippen molar-refractivity contribution in [2.24, 2.45) is 4.99 Å². The molecule has 7 heteroatoms. The summed E-state index contributed by atoms with van der Waals surface area (Å²) in [7, 11) is 6.55. The number of benzene rings is 2. The third-order valence-electron chi connectivity index (χ3n) is 3.83. The summed E-state index contributed by atoms with van der Waals surface area (Å²) in [5.74, 6) is 2.66. The van der Waals surface area contributed by atoms with Gasteiger partial charge in [0.2, 0.25) is 0 Å². The van der Waals surface area contributed by atoms with E-state index < -0.39 is 0 Å². The van der Waals surface area contributed by atoms with Gasteiger partial charge in [-0.25, -0.2) is 0 Å². The van der Waals surface area contributed by atoms with Gasteiger partial charge in [0.1, 0.15) is 5.75 Å². The standard InChI is InChI=1S/C19H24ClN3O3/c1-21-19(22-11-13-5-7-15(20)8-6-13)23-12-14-9-17(25-3)18(26-4)10-16(14)24-2/h5-10H,11-12H2,1-4H3,(H2,21,22,23). The lowest BCUT2D eigenvalue weighted by Crippen LogP contribution is -2.36. The normalized spacial score (nSPS) is 11.0. The number of guanidine groups is 1. The third-order valence-corrected chi connectivity index (χ3v) is 4.08. The van der Waals surface area contributed by atoms with Crippen molar-refractivity contribution in [3.63, 3.8) is 0 Å². The number of hydrogen-bond donors (Lipinski definition) is 2. The molecule has 6 nitrogen and oxygen atoms in total. The minimum Gasteiger partial charge on any atom is -0.496 e. The minimum absolute atomic E-state index is 0.518. The summed E-state index contributed by atoms with van der Waals surface area (Å²) in [4.78, 5) is 4.24. The molecular weight excluding hydrogens is 354 g/mol. The monoisotopic (exact) mass is 377 g/mol. The first kappa shape index (κ1) is 19.7. The highest BCUT2D eigenvalue weighted by molar-refractivity contribution is 6.30. The van der Waals surface area contributed by atoms with Crippen LogP contribution in [0.2, 0.25) is 5.02 Å². The largest absolute Gasteiger partial charge is 0.496 e. The molecule has 0 aliphatic carbocycles. The van der Waals surface area contributed by atoms with E-state index in [1.165, 1.54) is 0 Å². The van der Waals surface area contributed by atoms with Gasteiger partial charge in [0, 0.05) is 36.8 Å². The van der Waals surface area contributed by atoms with Crippen LogP contribution in [0.5, 0.6) is 17.2 Å². The number of nitrogens with one attached hydrogen (secondary N) is 2. The highest BCUT2D eigenvalue weighted by Crippen LogP contribution is 2.34. The van der Waals surface area contributed by atoms with E-state index in [1.807, 2.05) is 30.3 Å². The highest BCUT2D eigenvalue weighted by atomic mass is 35.5. The van der Waals surface area contributed by atoms with Crippen LogP contribution < -0.4 is 24.8 Å². The summed E-state index contributed by atoms with van der Waals surface area (Å²) in [5, 5.41) is 7.25. The molecule has 2 aromatic rings. The quantitative estimate of drug-likeness (QED) is 0.573. The van der Waals surface area contributed by atoms with E-state index in [0.717, 1.165) is 16.1 Å². The Morgan fingerprint density at radius 3 is 2.04 bits per heavy atom. The van der Waals surface area contributed by atoms with Crippen molar-refractivity contribution in [1.29, 1.82) is 0 Å². The minimum atomic E-state index is 0.518. The molecule has 0 amide bonds. The predicted octanol–water partition coefficient (Wildman–Crippen LogP) is 3.23. The van der Waals surface area contributed by atoms with Gasteiger partial charge in [-0.3, -0.25) is 4.99 Å². The Hall–Kier alpha value is -2.60. The maximum atomic E-state index is 5.91. The predicted molar refractivity (Wildman–Crippen MR) is 105 cm³/mol. The third kappa shape index (κ3) is 5.20. The second-order valence-electron chi connectivity index (χ2n) is 5.42. The summed E-state index contributed by atoms with van der Waals surface area (Å²) in [6.45, 7) is 1.16. The van der Waals surface area contributed by atoms with Crippen LogP contribution in [-0.4, -0.2) is 34.3 Å². The fourth-order valence-electron chi connectivity index (χ4n) is 2.42. The number of nitrogens with zero attached hydrogens (tertiary/aromatic N) is 1. The Bertz CT molecular complexity index is 748. The number of hydrogen-bond acceptors (Lipinski definition) is 4.